The van der Waals surface area contributed by atoms with Crippen LogP contribution in [0.2, 0.25) is 0 Å². The molecule has 0 spiro atoms. The molecule has 164 valence electrons. The van der Waals surface area contributed by atoms with E-state index in [1.165, 1.54) is 5.56 Å². The molecule has 0 atom stereocenters. The number of nitrogens with zero attached hydrogens (tertiary/aromatic N) is 4. The largest absolute Gasteiger partial charge is 0.356 e. The number of hydrogen-bond acceptors (Lipinski definition) is 3. The van der Waals surface area contributed by atoms with E-state index in [-0.39, 0.29) is 12.5 Å². The molecule has 0 bridgehead atoms. The molecule has 3 aromatic rings. The zero-order valence-corrected chi connectivity index (χ0v) is 18.6. The summed E-state index contributed by atoms with van der Waals surface area (Å²) < 4.78 is 2.24. The smallest absolute Gasteiger partial charge is 0.243 e. The predicted molar refractivity (Wildman–Crippen MR) is 126 cm³/mol. The number of likely N-dealkylation sites (N-methyl/N-ethyl adjacent to an activating group) is 1. The molecular weight excluding hydrogens is 388 g/mol. The number of aryl methyl sites for hydroxylation is 2. The van der Waals surface area contributed by atoms with Gasteiger partial charge in [-0.1, -0.05) is 42.5 Å². The Balaban J connectivity index is 1.53. The van der Waals surface area contributed by atoms with Gasteiger partial charge in [0, 0.05) is 33.7 Å². The molecule has 0 saturated heterocycles. The molecule has 1 aromatic heterocycles. The average molecular weight is 421 g/mol. The van der Waals surface area contributed by atoms with Crippen LogP contribution in [0.15, 0.2) is 59.6 Å². The number of guanidine groups is 1. The van der Waals surface area contributed by atoms with Gasteiger partial charge in [-0.15, -0.1) is 0 Å². The first-order chi connectivity index (χ1) is 15.0. The standard InChI is InChI=1S/C24H32N6O/c1-19-28-21-12-7-8-13-22(21)30(19)17-9-15-25-24(27-18-23(31)29(2)3)26-16-14-20-10-5-4-6-11-20/h4-8,10-13H,9,14-18H2,1-3H3,(H2,25,26,27). The summed E-state index contributed by atoms with van der Waals surface area (Å²) in [5.74, 6) is 1.66. The van der Waals surface area contributed by atoms with Gasteiger partial charge in [-0.2, -0.15) is 0 Å². The number of para-hydroxylation sites is 2. The quantitative estimate of drug-likeness (QED) is 0.317. The van der Waals surface area contributed by atoms with Crippen molar-refractivity contribution >= 4 is 22.9 Å². The maximum atomic E-state index is 11.9. The van der Waals surface area contributed by atoms with Crippen molar-refractivity contribution in [3.63, 3.8) is 0 Å². The van der Waals surface area contributed by atoms with Gasteiger partial charge in [0.15, 0.2) is 5.96 Å². The summed E-state index contributed by atoms with van der Waals surface area (Å²) in [5, 5.41) is 6.71. The highest BCUT2D eigenvalue weighted by atomic mass is 16.2. The molecule has 0 unspecified atom stereocenters. The molecule has 7 nitrogen and oxygen atoms in total. The molecule has 1 heterocycles. The summed E-state index contributed by atoms with van der Waals surface area (Å²) in [6.07, 6.45) is 1.81. The summed E-state index contributed by atoms with van der Waals surface area (Å²) in [4.78, 5) is 22.6. The maximum Gasteiger partial charge on any atom is 0.243 e. The zero-order valence-electron chi connectivity index (χ0n) is 18.6. The van der Waals surface area contributed by atoms with Crippen molar-refractivity contribution in [2.75, 3.05) is 33.7 Å². The minimum absolute atomic E-state index is 0.0235. The van der Waals surface area contributed by atoms with Crippen LogP contribution in [-0.2, 0) is 17.8 Å². The average Bonchev–Trinajstić information content (AvgIpc) is 3.09. The van der Waals surface area contributed by atoms with Gasteiger partial charge in [0.05, 0.1) is 11.0 Å². The minimum atomic E-state index is -0.0235. The lowest BCUT2D eigenvalue weighted by molar-refractivity contribution is -0.127. The van der Waals surface area contributed by atoms with Gasteiger partial charge in [0.1, 0.15) is 12.4 Å². The van der Waals surface area contributed by atoms with Crippen LogP contribution in [0.4, 0.5) is 0 Å². The molecule has 7 heteroatoms. The lowest BCUT2D eigenvalue weighted by Gasteiger charge is -2.14. The Kier molecular flexibility index (Phi) is 8.04. The summed E-state index contributed by atoms with van der Waals surface area (Å²) in [6, 6.07) is 18.5. The molecule has 0 saturated carbocycles. The molecular formula is C24H32N6O. The summed E-state index contributed by atoms with van der Waals surface area (Å²) in [5.41, 5.74) is 3.45. The molecule has 1 amide bonds. The third-order valence-electron chi connectivity index (χ3n) is 5.12. The van der Waals surface area contributed by atoms with Crippen molar-refractivity contribution in [3.8, 4) is 0 Å². The van der Waals surface area contributed by atoms with E-state index in [0.717, 1.165) is 49.3 Å². The van der Waals surface area contributed by atoms with E-state index in [1.54, 1.807) is 19.0 Å². The number of aliphatic imine (C=N–C) groups is 1. The number of benzene rings is 2. The molecule has 2 N–H and O–H groups in total. The van der Waals surface area contributed by atoms with Crippen LogP contribution in [0.5, 0.6) is 0 Å². The second-order valence-corrected chi connectivity index (χ2v) is 7.70. The fraction of sp³-hybridized carbons (Fsp3) is 0.375. The van der Waals surface area contributed by atoms with E-state index in [0.29, 0.717) is 5.96 Å². The van der Waals surface area contributed by atoms with Gasteiger partial charge in [0.25, 0.3) is 0 Å². The number of rotatable bonds is 9. The Morgan fingerprint density at radius 1 is 1.03 bits per heavy atom. The summed E-state index contributed by atoms with van der Waals surface area (Å²) in [7, 11) is 3.48. The van der Waals surface area contributed by atoms with Crippen molar-refractivity contribution in [3.05, 3.63) is 66.0 Å². The lowest BCUT2D eigenvalue weighted by Crippen LogP contribution is -2.40. The molecule has 3 rings (SSSR count). The lowest BCUT2D eigenvalue weighted by atomic mass is 10.1. The van der Waals surface area contributed by atoms with Crippen molar-refractivity contribution in [1.82, 2.24) is 25.1 Å². The van der Waals surface area contributed by atoms with Gasteiger partial charge >= 0.3 is 0 Å². The van der Waals surface area contributed by atoms with Gasteiger partial charge in [-0.3, -0.25) is 4.79 Å². The van der Waals surface area contributed by atoms with Crippen molar-refractivity contribution in [2.45, 2.75) is 26.3 Å². The van der Waals surface area contributed by atoms with Crippen LogP contribution in [0, 0.1) is 6.92 Å². The summed E-state index contributed by atoms with van der Waals surface area (Å²) in [6.45, 7) is 4.53. The Bertz CT molecular complexity index is 1010. The van der Waals surface area contributed by atoms with Gasteiger partial charge < -0.3 is 20.1 Å². The Labute approximate surface area is 184 Å². The zero-order chi connectivity index (χ0) is 22.1. The van der Waals surface area contributed by atoms with Gasteiger partial charge in [-0.05, 0) is 37.5 Å². The van der Waals surface area contributed by atoms with Crippen molar-refractivity contribution in [2.24, 2.45) is 4.99 Å². The number of fused-ring (bicyclic) bond motifs is 1. The summed E-state index contributed by atoms with van der Waals surface area (Å²) >= 11 is 0. The number of imidazole rings is 1. The third-order valence-corrected chi connectivity index (χ3v) is 5.12. The second kappa shape index (κ2) is 11.2. The normalized spacial score (nSPS) is 11.5. The molecule has 0 radical (unpaired) electrons. The topological polar surface area (TPSA) is 74.5 Å². The van der Waals surface area contributed by atoms with Crippen LogP contribution >= 0.6 is 0 Å². The molecule has 0 aliphatic heterocycles. The van der Waals surface area contributed by atoms with Crippen LogP contribution < -0.4 is 10.6 Å². The molecule has 0 aliphatic rings. The highest BCUT2D eigenvalue weighted by molar-refractivity contribution is 5.84. The Morgan fingerprint density at radius 2 is 1.74 bits per heavy atom. The Hall–Kier alpha value is -3.35. The Morgan fingerprint density at radius 3 is 2.52 bits per heavy atom. The van der Waals surface area contributed by atoms with Gasteiger partial charge in [-0.25, -0.2) is 9.98 Å². The van der Waals surface area contributed by atoms with E-state index in [1.807, 2.05) is 43.3 Å². The van der Waals surface area contributed by atoms with E-state index in [4.69, 9.17) is 0 Å². The van der Waals surface area contributed by atoms with E-state index >= 15 is 0 Å². The number of aromatic nitrogens is 2. The van der Waals surface area contributed by atoms with Crippen LogP contribution in [0.3, 0.4) is 0 Å². The van der Waals surface area contributed by atoms with E-state index in [9.17, 15) is 4.79 Å². The minimum Gasteiger partial charge on any atom is -0.356 e. The monoisotopic (exact) mass is 420 g/mol. The molecule has 0 fully saturated rings. The SMILES string of the molecule is Cc1nc2ccccc2n1CCCNC(=NCC(=O)N(C)C)NCCc1ccccc1. The highest BCUT2D eigenvalue weighted by Crippen LogP contribution is 2.15. The number of hydrogen-bond donors (Lipinski definition) is 2. The third kappa shape index (κ3) is 6.57. The van der Waals surface area contributed by atoms with Crippen LogP contribution in [-0.4, -0.2) is 60.0 Å². The first kappa shape index (κ1) is 22.3. The first-order valence-corrected chi connectivity index (χ1v) is 10.7. The van der Waals surface area contributed by atoms with E-state index < -0.39 is 0 Å². The van der Waals surface area contributed by atoms with Crippen LogP contribution in [0.25, 0.3) is 11.0 Å². The fourth-order valence-electron chi connectivity index (χ4n) is 3.35. The van der Waals surface area contributed by atoms with Crippen molar-refractivity contribution in [1.29, 1.82) is 0 Å². The van der Waals surface area contributed by atoms with Gasteiger partial charge in [0.2, 0.25) is 5.91 Å². The number of nitrogens with one attached hydrogen (secondary N) is 2. The molecule has 0 aliphatic carbocycles. The number of carbonyl (C=O) groups excluding carboxylic acids is 1. The van der Waals surface area contributed by atoms with Crippen LogP contribution in [0.1, 0.15) is 17.8 Å². The molecule has 31 heavy (non-hydrogen) atoms. The van der Waals surface area contributed by atoms with E-state index in [2.05, 4.69) is 43.4 Å². The number of amides is 1. The number of carbonyl (C=O) groups is 1. The predicted octanol–water partition coefficient (Wildman–Crippen LogP) is 2.60. The maximum absolute atomic E-state index is 11.9. The molecule has 2 aromatic carbocycles. The fourth-order valence-corrected chi connectivity index (χ4v) is 3.35. The second-order valence-electron chi connectivity index (χ2n) is 7.70. The first-order valence-electron chi connectivity index (χ1n) is 10.7. The van der Waals surface area contributed by atoms with Crippen molar-refractivity contribution < 1.29 is 4.79 Å². The highest BCUT2D eigenvalue weighted by Gasteiger charge is 2.07.